The first-order valence-electron chi connectivity index (χ1n) is 9.23. The summed E-state index contributed by atoms with van der Waals surface area (Å²) in [6.45, 7) is 6.56. The second-order valence-electron chi connectivity index (χ2n) is 7.03. The maximum absolute atomic E-state index is 9.86. The van der Waals surface area contributed by atoms with Crippen LogP contribution in [0.2, 0.25) is 0 Å². The Morgan fingerprint density at radius 3 is 2.20 bits per heavy atom. The minimum absolute atomic E-state index is 0.221. The van der Waals surface area contributed by atoms with Crippen LogP contribution in [0.4, 0.5) is 0 Å². The molecule has 3 heteroatoms. The number of aryl methyl sites for hydroxylation is 1. The van der Waals surface area contributed by atoms with Gasteiger partial charge in [0.25, 0.3) is 0 Å². The second kappa shape index (κ2) is 10.9. The molecule has 0 saturated heterocycles. The Morgan fingerprint density at radius 1 is 0.920 bits per heavy atom. The average Bonchev–Trinajstić information content (AvgIpc) is 2.61. The second-order valence-corrected chi connectivity index (χ2v) is 8.28. The molecule has 1 N–H and O–H groups in total. The Bertz CT molecular complexity index is 597. The van der Waals surface area contributed by atoms with Crippen molar-refractivity contribution in [3.05, 3.63) is 69.3 Å². The Balaban J connectivity index is 1.89. The van der Waals surface area contributed by atoms with Crippen molar-refractivity contribution in [2.45, 2.75) is 45.7 Å². The number of nitrogens with zero attached hydrogens (tertiary/aromatic N) is 1. The van der Waals surface area contributed by atoms with Crippen LogP contribution in [0.25, 0.3) is 0 Å². The molecule has 0 aromatic heterocycles. The van der Waals surface area contributed by atoms with Gasteiger partial charge >= 0.3 is 0 Å². The van der Waals surface area contributed by atoms with E-state index in [1.165, 1.54) is 21.1 Å². The Kier molecular flexibility index (Phi) is 8.93. The highest BCUT2D eigenvalue weighted by molar-refractivity contribution is 14.1. The van der Waals surface area contributed by atoms with Gasteiger partial charge in [0, 0.05) is 16.2 Å². The van der Waals surface area contributed by atoms with E-state index in [1.807, 2.05) is 0 Å². The summed E-state index contributed by atoms with van der Waals surface area (Å²) in [7, 11) is 0. The van der Waals surface area contributed by atoms with Crippen LogP contribution < -0.4 is 0 Å². The fraction of sp³-hybridized carbons (Fsp3) is 0.455. The predicted octanol–water partition coefficient (Wildman–Crippen LogP) is 5.13. The molecule has 2 rings (SSSR count). The number of aliphatic hydroxyl groups excluding tert-OH is 1. The zero-order chi connectivity index (χ0) is 18.1. The third-order valence-electron chi connectivity index (χ3n) is 4.73. The van der Waals surface area contributed by atoms with Gasteiger partial charge in [-0.25, -0.2) is 0 Å². The van der Waals surface area contributed by atoms with Crippen molar-refractivity contribution in [2.75, 3.05) is 13.2 Å². The van der Waals surface area contributed by atoms with Crippen LogP contribution in [0.5, 0.6) is 0 Å². The van der Waals surface area contributed by atoms with E-state index in [-0.39, 0.29) is 12.6 Å². The molecule has 2 aromatic carbocycles. The van der Waals surface area contributed by atoms with Crippen molar-refractivity contribution in [3.8, 4) is 0 Å². The summed E-state index contributed by atoms with van der Waals surface area (Å²) in [4.78, 5) is 2.45. The van der Waals surface area contributed by atoms with Crippen molar-refractivity contribution in [1.29, 1.82) is 0 Å². The summed E-state index contributed by atoms with van der Waals surface area (Å²) in [5.74, 6) is 0.449. The smallest absolute Gasteiger partial charge is 0.0589 e. The first-order valence-corrected chi connectivity index (χ1v) is 10.3. The number of benzene rings is 2. The molecule has 25 heavy (non-hydrogen) atoms. The summed E-state index contributed by atoms with van der Waals surface area (Å²) in [5.41, 5.74) is 2.73. The van der Waals surface area contributed by atoms with Crippen LogP contribution in [0.15, 0.2) is 54.6 Å². The predicted molar refractivity (Wildman–Crippen MR) is 115 cm³/mol. The monoisotopic (exact) mass is 451 g/mol. The van der Waals surface area contributed by atoms with E-state index in [4.69, 9.17) is 0 Å². The fourth-order valence-corrected chi connectivity index (χ4v) is 3.58. The third kappa shape index (κ3) is 7.08. The molecule has 0 bridgehead atoms. The average molecular weight is 451 g/mol. The molecule has 2 nitrogen and oxygen atoms in total. The Labute approximate surface area is 166 Å². The molecular weight excluding hydrogens is 421 g/mol. The van der Waals surface area contributed by atoms with Gasteiger partial charge < -0.3 is 5.11 Å². The molecule has 0 unspecified atom stereocenters. The van der Waals surface area contributed by atoms with Gasteiger partial charge in [-0.2, -0.15) is 0 Å². The number of hydrogen-bond donors (Lipinski definition) is 1. The third-order valence-corrected chi connectivity index (χ3v) is 5.45. The molecule has 0 spiro atoms. The van der Waals surface area contributed by atoms with Crippen LogP contribution in [0, 0.1) is 9.49 Å². The fourth-order valence-electron chi connectivity index (χ4n) is 3.22. The summed E-state index contributed by atoms with van der Waals surface area (Å²) in [6.07, 6.45) is 3.46. The summed E-state index contributed by atoms with van der Waals surface area (Å²) < 4.78 is 1.29. The first kappa shape index (κ1) is 20.4. The quantitative estimate of drug-likeness (QED) is 0.400. The molecule has 0 radical (unpaired) electrons. The molecule has 0 aliphatic carbocycles. The van der Waals surface area contributed by atoms with Crippen LogP contribution in [0.3, 0.4) is 0 Å². The van der Waals surface area contributed by atoms with Crippen molar-refractivity contribution in [1.82, 2.24) is 4.90 Å². The topological polar surface area (TPSA) is 23.5 Å². The molecule has 0 fully saturated rings. The standard InChI is InChI=1S/C22H30INO/c1-18(2)22(17-25)24(16-20-9-4-3-5-10-20)15-7-6-8-19-11-13-21(23)14-12-19/h3-5,9-14,18,22,25H,6-8,15-17H2,1-2H3/t22-/m1/s1. The van der Waals surface area contributed by atoms with Crippen LogP contribution in [0.1, 0.15) is 37.8 Å². The molecule has 2 aromatic rings. The molecule has 0 heterocycles. The Hall–Kier alpha value is -0.910. The van der Waals surface area contributed by atoms with Crippen molar-refractivity contribution >= 4 is 22.6 Å². The maximum Gasteiger partial charge on any atom is 0.0589 e. The van der Waals surface area contributed by atoms with Gasteiger partial charge in [-0.3, -0.25) is 4.90 Å². The molecule has 0 aliphatic rings. The number of unbranched alkanes of at least 4 members (excludes halogenated alkanes) is 1. The molecule has 1 atom stereocenters. The van der Waals surface area contributed by atoms with Gasteiger partial charge in [-0.05, 0) is 77.6 Å². The minimum atomic E-state index is 0.221. The lowest BCUT2D eigenvalue weighted by Gasteiger charge is -2.33. The van der Waals surface area contributed by atoms with E-state index in [2.05, 4.69) is 95.9 Å². The normalized spacial score (nSPS) is 12.7. The lowest BCUT2D eigenvalue weighted by atomic mass is 10.0. The zero-order valence-electron chi connectivity index (χ0n) is 15.4. The van der Waals surface area contributed by atoms with Crippen molar-refractivity contribution < 1.29 is 5.11 Å². The van der Waals surface area contributed by atoms with Gasteiger partial charge in [-0.15, -0.1) is 0 Å². The van der Waals surface area contributed by atoms with Crippen molar-refractivity contribution in [3.63, 3.8) is 0 Å². The molecular formula is C22H30INO. The SMILES string of the molecule is CC(C)[C@@H](CO)N(CCCCc1ccc(I)cc1)Cc1ccccc1. The highest BCUT2D eigenvalue weighted by Crippen LogP contribution is 2.17. The lowest BCUT2D eigenvalue weighted by molar-refractivity contribution is 0.0831. The summed E-state index contributed by atoms with van der Waals surface area (Å²) in [5, 5.41) is 9.86. The van der Waals surface area contributed by atoms with Gasteiger partial charge in [0.1, 0.15) is 0 Å². The van der Waals surface area contributed by atoms with Crippen LogP contribution >= 0.6 is 22.6 Å². The lowest BCUT2D eigenvalue weighted by Crippen LogP contribution is -2.41. The van der Waals surface area contributed by atoms with Gasteiger partial charge in [0.05, 0.1) is 6.61 Å². The highest BCUT2D eigenvalue weighted by Gasteiger charge is 2.20. The molecule has 0 saturated carbocycles. The van der Waals surface area contributed by atoms with Crippen LogP contribution in [-0.4, -0.2) is 29.2 Å². The van der Waals surface area contributed by atoms with E-state index >= 15 is 0 Å². The number of aliphatic hydroxyl groups is 1. The summed E-state index contributed by atoms with van der Waals surface area (Å²) >= 11 is 2.35. The van der Waals surface area contributed by atoms with Crippen molar-refractivity contribution in [2.24, 2.45) is 5.92 Å². The van der Waals surface area contributed by atoms with Crippen LogP contribution in [-0.2, 0) is 13.0 Å². The summed E-state index contributed by atoms with van der Waals surface area (Å²) in [6, 6.07) is 19.6. The van der Waals surface area contributed by atoms with E-state index in [9.17, 15) is 5.11 Å². The molecule has 136 valence electrons. The molecule has 0 aliphatic heterocycles. The van der Waals surface area contributed by atoms with E-state index in [0.29, 0.717) is 5.92 Å². The van der Waals surface area contributed by atoms with E-state index < -0.39 is 0 Å². The minimum Gasteiger partial charge on any atom is -0.395 e. The number of hydrogen-bond acceptors (Lipinski definition) is 2. The number of rotatable bonds is 10. The van der Waals surface area contributed by atoms with Gasteiger partial charge in [0.15, 0.2) is 0 Å². The van der Waals surface area contributed by atoms with E-state index in [0.717, 1.165) is 25.9 Å². The maximum atomic E-state index is 9.86. The van der Waals surface area contributed by atoms with Gasteiger partial charge in [-0.1, -0.05) is 56.3 Å². The number of halogens is 1. The van der Waals surface area contributed by atoms with Gasteiger partial charge in [0.2, 0.25) is 0 Å². The highest BCUT2D eigenvalue weighted by atomic mass is 127. The van der Waals surface area contributed by atoms with E-state index in [1.54, 1.807) is 0 Å². The first-order chi connectivity index (χ1) is 12.1. The molecule has 0 amide bonds. The Morgan fingerprint density at radius 2 is 1.60 bits per heavy atom. The largest absolute Gasteiger partial charge is 0.395 e. The zero-order valence-corrected chi connectivity index (χ0v) is 17.5.